The van der Waals surface area contributed by atoms with Gasteiger partial charge in [0, 0.05) is 0 Å². The highest BCUT2D eigenvalue weighted by atomic mass is 32.2. The van der Waals surface area contributed by atoms with Crippen molar-refractivity contribution >= 4 is 10.1 Å². The molecule has 1 fully saturated rings. The van der Waals surface area contributed by atoms with Crippen LogP contribution < -0.4 is 0 Å². The van der Waals surface area contributed by atoms with Crippen molar-refractivity contribution in [3.63, 3.8) is 0 Å². The molecule has 1 aliphatic rings. The van der Waals surface area contributed by atoms with E-state index in [2.05, 4.69) is 0 Å². The van der Waals surface area contributed by atoms with Gasteiger partial charge in [0.15, 0.2) is 0 Å². The van der Waals surface area contributed by atoms with Crippen LogP contribution in [0.25, 0.3) is 0 Å². The Kier molecular flexibility index (Phi) is 3.01. The molecule has 16 heavy (non-hydrogen) atoms. The SMILES string of the molecule is O=S(=O)(O)C1(COCc2ccccc2)CC1. The fourth-order valence-corrected chi connectivity index (χ4v) is 2.40. The Morgan fingerprint density at radius 3 is 2.38 bits per heavy atom. The van der Waals surface area contributed by atoms with Gasteiger partial charge in [-0.25, -0.2) is 0 Å². The zero-order valence-electron chi connectivity index (χ0n) is 8.80. The molecular weight excluding hydrogens is 228 g/mol. The lowest BCUT2D eigenvalue weighted by molar-refractivity contribution is 0.114. The molecule has 88 valence electrons. The first-order valence-electron chi connectivity index (χ1n) is 5.12. The summed E-state index contributed by atoms with van der Waals surface area (Å²) in [5.41, 5.74) is 0.994. The fourth-order valence-electron chi connectivity index (χ4n) is 1.55. The Morgan fingerprint density at radius 2 is 1.88 bits per heavy atom. The van der Waals surface area contributed by atoms with Gasteiger partial charge in [-0.2, -0.15) is 8.42 Å². The molecule has 0 aliphatic heterocycles. The molecule has 0 aromatic heterocycles. The van der Waals surface area contributed by atoms with E-state index in [0.717, 1.165) is 5.56 Å². The standard InChI is InChI=1S/C11H14O4S/c12-16(13,14)11(6-7-11)9-15-8-10-4-2-1-3-5-10/h1-5H,6-9H2,(H,12,13,14). The first-order chi connectivity index (χ1) is 7.54. The summed E-state index contributed by atoms with van der Waals surface area (Å²) in [6.45, 7) is 0.443. The normalized spacial score (nSPS) is 18.3. The van der Waals surface area contributed by atoms with Crippen LogP contribution in [0.4, 0.5) is 0 Å². The quantitative estimate of drug-likeness (QED) is 0.797. The topological polar surface area (TPSA) is 63.6 Å². The third-order valence-corrected chi connectivity index (χ3v) is 4.45. The molecule has 1 aromatic rings. The highest BCUT2D eigenvalue weighted by Gasteiger charge is 2.54. The molecule has 0 atom stereocenters. The molecule has 1 aromatic carbocycles. The molecule has 0 amide bonds. The van der Waals surface area contributed by atoms with Gasteiger partial charge in [-0.15, -0.1) is 0 Å². The summed E-state index contributed by atoms with van der Waals surface area (Å²) in [7, 11) is -3.97. The Hall–Kier alpha value is -0.910. The third-order valence-electron chi connectivity index (χ3n) is 2.83. The Morgan fingerprint density at radius 1 is 1.25 bits per heavy atom. The summed E-state index contributed by atoms with van der Waals surface area (Å²) in [5.74, 6) is 0. The summed E-state index contributed by atoms with van der Waals surface area (Å²) >= 11 is 0. The van der Waals surface area contributed by atoms with Crippen molar-refractivity contribution < 1.29 is 17.7 Å². The molecule has 4 nitrogen and oxygen atoms in total. The number of ether oxygens (including phenoxy) is 1. The summed E-state index contributed by atoms with van der Waals surface area (Å²) in [5, 5.41) is 0. The van der Waals surface area contributed by atoms with Crippen LogP contribution in [0.3, 0.4) is 0 Å². The minimum atomic E-state index is -3.97. The van der Waals surface area contributed by atoms with Gasteiger partial charge in [0.05, 0.1) is 13.2 Å². The van der Waals surface area contributed by atoms with E-state index in [9.17, 15) is 8.42 Å². The molecular formula is C11H14O4S. The fraction of sp³-hybridized carbons (Fsp3) is 0.455. The number of hydrogen-bond acceptors (Lipinski definition) is 3. The van der Waals surface area contributed by atoms with E-state index >= 15 is 0 Å². The molecule has 0 spiro atoms. The van der Waals surface area contributed by atoms with Crippen molar-refractivity contribution in [1.82, 2.24) is 0 Å². The molecule has 0 saturated heterocycles. The molecule has 0 heterocycles. The zero-order chi connectivity index (χ0) is 11.6. The Balaban J connectivity index is 1.86. The monoisotopic (exact) mass is 242 g/mol. The van der Waals surface area contributed by atoms with Crippen LogP contribution in [0.2, 0.25) is 0 Å². The maximum atomic E-state index is 11.0. The second kappa shape index (κ2) is 4.16. The molecule has 0 unspecified atom stereocenters. The summed E-state index contributed by atoms with van der Waals surface area (Å²) < 4.78 is 35.4. The molecule has 1 aliphatic carbocycles. The van der Waals surface area contributed by atoms with Crippen molar-refractivity contribution in [3.8, 4) is 0 Å². The highest BCUT2D eigenvalue weighted by Crippen LogP contribution is 2.43. The van der Waals surface area contributed by atoms with Gasteiger partial charge in [-0.1, -0.05) is 30.3 Å². The number of rotatable bonds is 5. The maximum Gasteiger partial charge on any atom is 0.272 e. The van der Waals surface area contributed by atoms with E-state index in [1.165, 1.54) is 0 Å². The van der Waals surface area contributed by atoms with E-state index in [0.29, 0.717) is 19.4 Å². The third kappa shape index (κ3) is 2.42. The van der Waals surface area contributed by atoms with Gasteiger partial charge in [0.25, 0.3) is 10.1 Å². The van der Waals surface area contributed by atoms with E-state index in [4.69, 9.17) is 9.29 Å². The van der Waals surface area contributed by atoms with Crippen molar-refractivity contribution in [2.45, 2.75) is 24.2 Å². The van der Waals surface area contributed by atoms with E-state index in [1.54, 1.807) is 0 Å². The van der Waals surface area contributed by atoms with E-state index < -0.39 is 14.9 Å². The van der Waals surface area contributed by atoms with Gasteiger partial charge in [-0.05, 0) is 18.4 Å². The van der Waals surface area contributed by atoms with Crippen molar-refractivity contribution in [2.75, 3.05) is 6.61 Å². The van der Waals surface area contributed by atoms with Crippen molar-refractivity contribution in [1.29, 1.82) is 0 Å². The smallest absolute Gasteiger partial charge is 0.272 e. The van der Waals surface area contributed by atoms with E-state index in [1.807, 2.05) is 30.3 Å². The second-order valence-electron chi connectivity index (χ2n) is 4.14. The van der Waals surface area contributed by atoms with Crippen LogP contribution in [0.15, 0.2) is 30.3 Å². The zero-order valence-corrected chi connectivity index (χ0v) is 9.61. The van der Waals surface area contributed by atoms with E-state index in [-0.39, 0.29) is 6.61 Å². The van der Waals surface area contributed by atoms with Crippen LogP contribution in [0.5, 0.6) is 0 Å². The lowest BCUT2D eigenvalue weighted by Gasteiger charge is -2.11. The number of benzene rings is 1. The van der Waals surface area contributed by atoms with Gasteiger partial charge >= 0.3 is 0 Å². The van der Waals surface area contributed by atoms with Crippen LogP contribution in [-0.2, 0) is 21.5 Å². The Bertz CT molecular complexity index is 448. The maximum absolute atomic E-state index is 11.0. The predicted molar refractivity (Wildman–Crippen MR) is 59.6 cm³/mol. The molecule has 1 N–H and O–H groups in total. The molecule has 1 saturated carbocycles. The summed E-state index contributed by atoms with van der Waals surface area (Å²) in [6.07, 6.45) is 0.973. The number of hydrogen-bond donors (Lipinski definition) is 1. The average molecular weight is 242 g/mol. The van der Waals surface area contributed by atoms with Crippen molar-refractivity contribution in [2.24, 2.45) is 0 Å². The predicted octanol–water partition coefficient (Wildman–Crippen LogP) is 1.62. The van der Waals surface area contributed by atoms with Crippen LogP contribution >= 0.6 is 0 Å². The van der Waals surface area contributed by atoms with Gasteiger partial charge < -0.3 is 4.74 Å². The first-order valence-corrected chi connectivity index (χ1v) is 6.56. The van der Waals surface area contributed by atoms with Crippen molar-refractivity contribution in [3.05, 3.63) is 35.9 Å². The van der Waals surface area contributed by atoms with Gasteiger partial charge in [0.2, 0.25) is 0 Å². The minimum absolute atomic E-state index is 0.0702. The van der Waals surface area contributed by atoms with Crippen LogP contribution in [0.1, 0.15) is 18.4 Å². The lowest BCUT2D eigenvalue weighted by atomic mass is 10.2. The van der Waals surface area contributed by atoms with Gasteiger partial charge in [0.1, 0.15) is 4.75 Å². The molecule has 2 rings (SSSR count). The minimum Gasteiger partial charge on any atom is -0.375 e. The highest BCUT2D eigenvalue weighted by molar-refractivity contribution is 7.87. The first kappa shape index (κ1) is 11.6. The van der Waals surface area contributed by atoms with Gasteiger partial charge in [-0.3, -0.25) is 4.55 Å². The van der Waals surface area contributed by atoms with Crippen LogP contribution in [0, 0.1) is 0 Å². The van der Waals surface area contributed by atoms with Crippen LogP contribution in [-0.4, -0.2) is 24.3 Å². The average Bonchev–Trinajstić information content (AvgIpc) is 3.00. The Labute approximate surface area is 95.0 Å². The molecule has 5 heteroatoms. The largest absolute Gasteiger partial charge is 0.375 e. The molecule has 0 bridgehead atoms. The summed E-state index contributed by atoms with van der Waals surface area (Å²) in [6, 6.07) is 9.52. The molecule has 0 radical (unpaired) electrons. The second-order valence-corrected chi connectivity index (χ2v) is 5.95. The summed E-state index contributed by atoms with van der Waals surface area (Å²) in [4.78, 5) is 0. The lowest BCUT2D eigenvalue weighted by Crippen LogP contribution is -2.27.